The van der Waals surface area contributed by atoms with Crippen LogP contribution in [0.3, 0.4) is 0 Å². The van der Waals surface area contributed by atoms with Crippen molar-refractivity contribution in [2.75, 3.05) is 6.61 Å². The fraction of sp³-hybridized carbons (Fsp3) is 0.333. The van der Waals surface area contributed by atoms with Crippen LogP contribution in [-0.4, -0.2) is 17.6 Å². The molecule has 4 nitrogen and oxygen atoms in total. The summed E-state index contributed by atoms with van der Waals surface area (Å²) in [5.41, 5.74) is 2.28. The molecule has 2 aromatic carbocycles. The minimum Gasteiger partial charge on any atom is -0.396 e. The van der Waals surface area contributed by atoms with Crippen LogP contribution in [-0.2, 0) is 5.41 Å². The lowest BCUT2D eigenvalue weighted by molar-refractivity contribution is 0.0932. The first-order valence-corrected chi connectivity index (χ1v) is 8.67. The fourth-order valence-corrected chi connectivity index (χ4v) is 3.08. The Morgan fingerprint density at radius 3 is 2.40 bits per heavy atom. The van der Waals surface area contributed by atoms with Crippen molar-refractivity contribution in [2.24, 2.45) is 0 Å². The van der Waals surface area contributed by atoms with Gasteiger partial charge >= 0.3 is 0 Å². The second-order valence-electron chi connectivity index (χ2n) is 6.57. The predicted molar refractivity (Wildman–Crippen MR) is 95.9 cm³/mol. The van der Waals surface area contributed by atoms with E-state index in [1.165, 1.54) is 0 Å². The monoisotopic (exact) mass is 334 g/mol. The SMILES string of the molecule is N#CC1(c2ccc(C(=O)NC(CCCO)c3ccccc3)cc2)CC1. The first kappa shape index (κ1) is 17.2. The van der Waals surface area contributed by atoms with Crippen LogP contribution < -0.4 is 5.32 Å². The highest BCUT2D eigenvalue weighted by Crippen LogP contribution is 2.47. The molecule has 0 aliphatic heterocycles. The molecule has 0 radical (unpaired) electrons. The van der Waals surface area contributed by atoms with Crippen molar-refractivity contribution in [3.8, 4) is 6.07 Å². The molecule has 2 aromatic rings. The molecule has 0 heterocycles. The van der Waals surface area contributed by atoms with Crippen molar-refractivity contribution >= 4 is 5.91 Å². The van der Waals surface area contributed by atoms with Crippen molar-refractivity contribution < 1.29 is 9.90 Å². The minimum absolute atomic E-state index is 0.101. The van der Waals surface area contributed by atoms with Gasteiger partial charge in [0.1, 0.15) is 0 Å². The molecule has 1 saturated carbocycles. The molecule has 25 heavy (non-hydrogen) atoms. The second kappa shape index (κ2) is 7.50. The fourth-order valence-electron chi connectivity index (χ4n) is 3.08. The van der Waals surface area contributed by atoms with E-state index >= 15 is 0 Å². The molecule has 1 atom stereocenters. The largest absolute Gasteiger partial charge is 0.396 e. The van der Waals surface area contributed by atoms with E-state index in [1.807, 2.05) is 42.5 Å². The first-order chi connectivity index (χ1) is 12.2. The zero-order valence-electron chi connectivity index (χ0n) is 14.1. The van der Waals surface area contributed by atoms with Gasteiger partial charge in [-0.3, -0.25) is 4.79 Å². The number of rotatable bonds is 7. The van der Waals surface area contributed by atoms with Gasteiger partial charge in [0.2, 0.25) is 0 Å². The highest BCUT2D eigenvalue weighted by Gasteiger charge is 2.44. The molecule has 1 unspecified atom stereocenters. The molecule has 1 aliphatic carbocycles. The minimum atomic E-state index is -0.331. The summed E-state index contributed by atoms with van der Waals surface area (Å²) in [4.78, 5) is 12.6. The predicted octanol–water partition coefficient (Wildman–Crippen LogP) is 3.49. The number of aliphatic hydroxyl groups is 1. The number of nitrogens with one attached hydrogen (secondary N) is 1. The Kier molecular flexibility index (Phi) is 5.16. The third kappa shape index (κ3) is 3.89. The Hall–Kier alpha value is -2.64. The molecule has 128 valence electrons. The Bertz CT molecular complexity index is 759. The number of aliphatic hydroxyl groups excluding tert-OH is 1. The van der Waals surface area contributed by atoms with E-state index in [0.717, 1.165) is 24.0 Å². The number of hydrogen-bond donors (Lipinski definition) is 2. The summed E-state index contributed by atoms with van der Waals surface area (Å²) < 4.78 is 0. The van der Waals surface area contributed by atoms with E-state index in [9.17, 15) is 10.1 Å². The third-order valence-electron chi connectivity index (χ3n) is 4.82. The lowest BCUT2D eigenvalue weighted by Crippen LogP contribution is -2.28. The first-order valence-electron chi connectivity index (χ1n) is 8.67. The second-order valence-corrected chi connectivity index (χ2v) is 6.57. The molecule has 3 rings (SSSR count). The Balaban J connectivity index is 1.72. The molecule has 1 fully saturated rings. The van der Waals surface area contributed by atoms with E-state index in [1.54, 1.807) is 12.1 Å². The average Bonchev–Trinajstić information content (AvgIpc) is 3.47. The van der Waals surface area contributed by atoms with E-state index in [2.05, 4.69) is 11.4 Å². The van der Waals surface area contributed by atoms with Crippen LogP contribution in [0.15, 0.2) is 54.6 Å². The topological polar surface area (TPSA) is 73.1 Å². The molecule has 0 aromatic heterocycles. The number of nitrogens with zero attached hydrogens (tertiary/aromatic N) is 1. The number of amides is 1. The van der Waals surface area contributed by atoms with Crippen molar-refractivity contribution in [1.82, 2.24) is 5.32 Å². The van der Waals surface area contributed by atoms with Gasteiger partial charge in [-0.25, -0.2) is 0 Å². The molecule has 0 saturated heterocycles. The molecule has 4 heteroatoms. The average molecular weight is 334 g/mol. The lowest BCUT2D eigenvalue weighted by atomic mass is 9.96. The van der Waals surface area contributed by atoms with Gasteiger partial charge in [-0.2, -0.15) is 5.26 Å². The van der Waals surface area contributed by atoms with Crippen molar-refractivity contribution in [2.45, 2.75) is 37.1 Å². The van der Waals surface area contributed by atoms with E-state index in [0.29, 0.717) is 18.4 Å². The van der Waals surface area contributed by atoms with Gasteiger partial charge in [-0.05, 0) is 48.9 Å². The van der Waals surface area contributed by atoms with E-state index in [4.69, 9.17) is 5.11 Å². The summed E-state index contributed by atoms with van der Waals surface area (Å²) in [5, 5.41) is 21.4. The molecule has 0 spiro atoms. The van der Waals surface area contributed by atoms with Crippen LogP contribution >= 0.6 is 0 Å². The smallest absolute Gasteiger partial charge is 0.251 e. The van der Waals surface area contributed by atoms with E-state index in [-0.39, 0.29) is 24.0 Å². The Labute approximate surface area is 148 Å². The summed E-state index contributed by atoms with van der Waals surface area (Å²) in [6, 6.07) is 19.4. The van der Waals surface area contributed by atoms with Crippen LogP contribution in [0.25, 0.3) is 0 Å². The van der Waals surface area contributed by atoms with Gasteiger partial charge in [-0.1, -0.05) is 42.5 Å². The molecule has 0 bridgehead atoms. The lowest BCUT2D eigenvalue weighted by Gasteiger charge is -2.19. The maximum atomic E-state index is 12.6. The number of nitriles is 1. The standard InChI is InChI=1S/C21H22N2O2/c22-15-21(12-13-21)18-10-8-17(9-11-18)20(25)23-19(7-4-14-24)16-5-2-1-3-6-16/h1-3,5-6,8-11,19,24H,4,7,12-14H2,(H,23,25). The summed E-state index contributed by atoms with van der Waals surface area (Å²) in [7, 11) is 0. The van der Waals surface area contributed by atoms with Gasteiger partial charge in [0.15, 0.2) is 0 Å². The van der Waals surface area contributed by atoms with Gasteiger partial charge in [-0.15, -0.1) is 0 Å². The molecular formula is C21H22N2O2. The van der Waals surface area contributed by atoms with Crippen LogP contribution in [0.5, 0.6) is 0 Å². The number of carbonyl (C=O) groups is 1. The Morgan fingerprint density at radius 1 is 1.16 bits per heavy atom. The van der Waals surface area contributed by atoms with Crippen LogP contribution in [0.4, 0.5) is 0 Å². The molecule has 1 aliphatic rings. The summed E-state index contributed by atoms with van der Waals surface area (Å²) >= 11 is 0. The zero-order valence-corrected chi connectivity index (χ0v) is 14.1. The van der Waals surface area contributed by atoms with Gasteiger partial charge in [0.05, 0.1) is 17.5 Å². The highest BCUT2D eigenvalue weighted by atomic mass is 16.3. The van der Waals surface area contributed by atoms with Crippen LogP contribution in [0.2, 0.25) is 0 Å². The number of benzene rings is 2. The summed E-state index contributed by atoms with van der Waals surface area (Å²) in [6.45, 7) is 0.101. The maximum absolute atomic E-state index is 12.6. The van der Waals surface area contributed by atoms with Crippen molar-refractivity contribution in [3.05, 3.63) is 71.3 Å². The highest BCUT2D eigenvalue weighted by molar-refractivity contribution is 5.94. The summed E-state index contributed by atoms with van der Waals surface area (Å²) in [6.07, 6.45) is 3.10. The number of carbonyl (C=O) groups excluding carboxylic acids is 1. The van der Waals surface area contributed by atoms with Gasteiger partial charge in [0, 0.05) is 12.2 Å². The zero-order chi connectivity index (χ0) is 17.7. The Morgan fingerprint density at radius 2 is 1.84 bits per heavy atom. The molecule has 2 N–H and O–H groups in total. The molecular weight excluding hydrogens is 312 g/mol. The number of hydrogen-bond acceptors (Lipinski definition) is 3. The van der Waals surface area contributed by atoms with Crippen LogP contribution in [0, 0.1) is 11.3 Å². The maximum Gasteiger partial charge on any atom is 0.251 e. The quantitative estimate of drug-likeness (QED) is 0.814. The molecule has 1 amide bonds. The van der Waals surface area contributed by atoms with E-state index < -0.39 is 0 Å². The van der Waals surface area contributed by atoms with Crippen molar-refractivity contribution in [1.29, 1.82) is 5.26 Å². The summed E-state index contributed by atoms with van der Waals surface area (Å²) in [5.74, 6) is -0.139. The van der Waals surface area contributed by atoms with Crippen LogP contribution in [0.1, 0.15) is 53.2 Å². The van der Waals surface area contributed by atoms with Crippen molar-refractivity contribution in [3.63, 3.8) is 0 Å². The van der Waals surface area contributed by atoms with Gasteiger partial charge < -0.3 is 10.4 Å². The normalized spacial score (nSPS) is 15.8. The van der Waals surface area contributed by atoms with Gasteiger partial charge in [0.25, 0.3) is 5.91 Å². The third-order valence-corrected chi connectivity index (χ3v) is 4.82.